The van der Waals surface area contributed by atoms with Gasteiger partial charge in [-0.1, -0.05) is 12.1 Å². The molecule has 1 N–H and O–H groups in total. The Morgan fingerprint density at radius 3 is 2.71 bits per heavy atom. The lowest BCUT2D eigenvalue weighted by Gasteiger charge is -2.22. The molecule has 0 bridgehead atoms. The third-order valence-corrected chi connectivity index (χ3v) is 3.31. The van der Waals surface area contributed by atoms with E-state index in [1.54, 1.807) is 26.3 Å². The van der Waals surface area contributed by atoms with Gasteiger partial charge in [-0.2, -0.15) is 0 Å². The molecule has 0 spiro atoms. The molecule has 0 unspecified atom stereocenters. The van der Waals surface area contributed by atoms with Crippen LogP contribution in [0.2, 0.25) is 0 Å². The van der Waals surface area contributed by atoms with E-state index in [2.05, 4.69) is 10.3 Å². The second-order valence-electron chi connectivity index (χ2n) is 5.27. The molecule has 0 amide bonds. The van der Waals surface area contributed by atoms with Crippen molar-refractivity contribution in [1.29, 1.82) is 0 Å². The summed E-state index contributed by atoms with van der Waals surface area (Å²) in [7, 11) is 5.35. The molecule has 0 radical (unpaired) electrons. The Kier molecular flexibility index (Phi) is 13.9. The first-order chi connectivity index (χ1) is 11.2. The third kappa shape index (κ3) is 10.0. The molecule has 0 heterocycles. The fourth-order valence-electron chi connectivity index (χ4n) is 2.14. The number of hydrogen-bond acceptors (Lipinski definition) is 3. The van der Waals surface area contributed by atoms with Gasteiger partial charge >= 0.3 is 0 Å². The molecule has 0 saturated heterocycles. The molecule has 0 aliphatic heterocycles. The monoisotopic (exact) mass is 453 g/mol. The first-order valence-corrected chi connectivity index (χ1v) is 7.90. The maximum Gasteiger partial charge on any atom is 0.193 e. The zero-order valence-electron chi connectivity index (χ0n) is 14.8. The number of nitrogens with zero attached hydrogens (tertiary/aromatic N) is 2. The van der Waals surface area contributed by atoms with E-state index >= 15 is 0 Å². The van der Waals surface area contributed by atoms with Crippen LogP contribution < -0.4 is 5.32 Å². The minimum atomic E-state index is -0.215. The molecule has 138 valence electrons. The van der Waals surface area contributed by atoms with Crippen molar-refractivity contribution >= 4 is 29.9 Å². The Morgan fingerprint density at radius 1 is 1.25 bits per heavy atom. The molecule has 0 aliphatic carbocycles. The second-order valence-corrected chi connectivity index (χ2v) is 5.27. The molecule has 1 rings (SSSR count). The number of ether oxygens (including phenoxy) is 2. The SMILES string of the molecule is CN=C(NCCCCOCCOC)N(C)Cc1cccc(F)c1.I. The van der Waals surface area contributed by atoms with E-state index in [0.29, 0.717) is 19.8 Å². The molecular formula is C17H29FIN3O2. The summed E-state index contributed by atoms with van der Waals surface area (Å²) in [6.07, 6.45) is 1.99. The summed E-state index contributed by atoms with van der Waals surface area (Å²) in [5.74, 6) is 0.585. The van der Waals surface area contributed by atoms with E-state index in [9.17, 15) is 4.39 Å². The Morgan fingerprint density at radius 2 is 2.04 bits per heavy atom. The number of guanidine groups is 1. The number of unbranched alkanes of at least 4 members (excludes halogenated alkanes) is 1. The van der Waals surface area contributed by atoms with Gasteiger partial charge in [0.15, 0.2) is 5.96 Å². The number of aliphatic imine (C=N–C) groups is 1. The number of rotatable bonds is 10. The van der Waals surface area contributed by atoms with Gasteiger partial charge in [0.2, 0.25) is 0 Å². The number of hydrogen-bond donors (Lipinski definition) is 1. The van der Waals surface area contributed by atoms with Crippen LogP contribution in [0.1, 0.15) is 18.4 Å². The van der Waals surface area contributed by atoms with Gasteiger partial charge in [-0.05, 0) is 30.5 Å². The number of benzene rings is 1. The molecule has 0 aromatic heterocycles. The summed E-state index contributed by atoms with van der Waals surface area (Å²) in [5.41, 5.74) is 0.919. The zero-order valence-corrected chi connectivity index (χ0v) is 17.1. The van der Waals surface area contributed by atoms with Crippen molar-refractivity contribution < 1.29 is 13.9 Å². The molecule has 5 nitrogen and oxygen atoms in total. The van der Waals surface area contributed by atoms with E-state index in [4.69, 9.17) is 9.47 Å². The average Bonchev–Trinajstić information content (AvgIpc) is 2.53. The summed E-state index contributed by atoms with van der Waals surface area (Å²) in [6.45, 7) is 3.45. The smallest absolute Gasteiger partial charge is 0.193 e. The van der Waals surface area contributed by atoms with Gasteiger partial charge in [0.05, 0.1) is 13.2 Å². The normalized spacial score (nSPS) is 11.1. The van der Waals surface area contributed by atoms with Gasteiger partial charge in [0.1, 0.15) is 5.82 Å². The van der Waals surface area contributed by atoms with Gasteiger partial charge in [-0.3, -0.25) is 4.99 Å². The predicted molar refractivity (Wildman–Crippen MR) is 107 cm³/mol. The van der Waals surface area contributed by atoms with Crippen LogP contribution >= 0.6 is 24.0 Å². The van der Waals surface area contributed by atoms with Crippen molar-refractivity contribution in [2.75, 3.05) is 47.6 Å². The molecule has 0 aliphatic rings. The Hall–Kier alpha value is -0.930. The van der Waals surface area contributed by atoms with Gasteiger partial charge in [-0.25, -0.2) is 4.39 Å². The highest BCUT2D eigenvalue weighted by Gasteiger charge is 2.06. The highest BCUT2D eigenvalue weighted by atomic mass is 127. The van der Waals surface area contributed by atoms with Crippen molar-refractivity contribution in [1.82, 2.24) is 10.2 Å². The molecule has 0 saturated carbocycles. The van der Waals surface area contributed by atoms with Crippen LogP contribution in [-0.4, -0.2) is 58.4 Å². The van der Waals surface area contributed by atoms with Crippen molar-refractivity contribution in [3.8, 4) is 0 Å². The Bertz CT molecular complexity index is 475. The topological polar surface area (TPSA) is 46.1 Å². The van der Waals surface area contributed by atoms with Crippen LogP contribution in [0.15, 0.2) is 29.3 Å². The minimum absolute atomic E-state index is 0. The van der Waals surface area contributed by atoms with Crippen LogP contribution in [0.4, 0.5) is 4.39 Å². The lowest BCUT2D eigenvalue weighted by molar-refractivity contribution is 0.0689. The van der Waals surface area contributed by atoms with E-state index in [-0.39, 0.29) is 29.8 Å². The summed E-state index contributed by atoms with van der Waals surface area (Å²) in [5, 5.41) is 3.31. The number of halogens is 2. The van der Waals surface area contributed by atoms with Crippen molar-refractivity contribution in [3.63, 3.8) is 0 Å². The van der Waals surface area contributed by atoms with Gasteiger partial charge in [-0.15, -0.1) is 24.0 Å². The summed E-state index contributed by atoms with van der Waals surface area (Å²) < 4.78 is 23.5. The maximum atomic E-state index is 13.2. The Labute approximate surface area is 161 Å². The third-order valence-electron chi connectivity index (χ3n) is 3.31. The van der Waals surface area contributed by atoms with E-state index < -0.39 is 0 Å². The minimum Gasteiger partial charge on any atom is -0.382 e. The average molecular weight is 453 g/mol. The molecule has 0 fully saturated rings. The van der Waals surface area contributed by atoms with Crippen molar-refractivity contribution in [2.45, 2.75) is 19.4 Å². The lowest BCUT2D eigenvalue weighted by atomic mass is 10.2. The lowest BCUT2D eigenvalue weighted by Crippen LogP contribution is -2.38. The zero-order chi connectivity index (χ0) is 16.9. The summed E-state index contributed by atoms with van der Waals surface area (Å²) >= 11 is 0. The summed E-state index contributed by atoms with van der Waals surface area (Å²) in [4.78, 5) is 6.23. The number of nitrogens with one attached hydrogen (secondary N) is 1. The Balaban J connectivity index is 0.00000529. The number of methoxy groups -OCH3 is 1. The maximum absolute atomic E-state index is 13.2. The van der Waals surface area contributed by atoms with Gasteiger partial charge < -0.3 is 19.7 Å². The second kappa shape index (κ2) is 14.4. The molecule has 0 atom stereocenters. The largest absolute Gasteiger partial charge is 0.382 e. The fourth-order valence-corrected chi connectivity index (χ4v) is 2.14. The molecule has 1 aromatic carbocycles. The van der Waals surface area contributed by atoms with Gasteiger partial charge in [0, 0.05) is 40.9 Å². The quantitative estimate of drug-likeness (QED) is 0.256. The van der Waals surface area contributed by atoms with E-state index in [1.165, 1.54) is 6.07 Å². The molecule has 7 heteroatoms. The highest BCUT2D eigenvalue weighted by Crippen LogP contribution is 2.06. The summed E-state index contributed by atoms with van der Waals surface area (Å²) in [6, 6.07) is 6.62. The van der Waals surface area contributed by atoms with Crippen LogP contribution in [0, 0.1) is 5.82 Å². The van der Waals surface area contributed by atoms with Crippen molar-refractivity contribution in [3.05, 3.63) is 35.6 Å². The first-order valence-electron chi connectivity index (χ1n) is 7.90. The predicted octanol–water partition coefficient (Wildman–Crippen LogP) is 2.89. The molecular weight excluding hydrogens is 424 g/mol. The fraction of sp³-hybridized carbons (Fsp3) is 0.588. The standard InChI is InChI=1S/C17H28FN3O2.HI/c1-19-17(20-9-4-5-10-23-12-11-22-3)21(2)14-15-7-6-8-16(18)13-15;/h6-8,13H,4-5,9-12,14H2,1-3H3,(H,19,20);1H. The molecule has 1 aromatic rings. The van der Waals surface area contributed by atoms with Crippen LogP contribution in [0.5, 0.6) is 0 Å². The highest BCUT2D eigenvalue weighted by molar-refractivity contribution is 14.0. The van der Waals surface area contributed by atoms with Crippen LogP contribution in [-0.2, 0) is 16.0 Å². The first kappa shape index (κ1) is 23.1. The molecule has 24 heavy (non-hydrogen) atoms. The van der Waals surface area contributed by atoms with Crippen LogP contribution in [0.25, 0.3) is 0 Å². The van der Waals surface area contributed by atoms with Gasteiger partial charge in [0.25, 0.3) is 0 Å². The van der Waals surface area contributed by atoms with E-state index in [1.807, 2.05) is 18.0 Å². The van der Waals surface area contributed by atoms with Crippen LogP contribution in [0.3, 0.4) is 0 Å². The van der Waals surface area contributed by atoms with E-state index in [0.717, 1.165) is 37.5 Å². The van der Waals surface area contributed by atoms with Crippen molar-refractivity contribution in [2.24, 2.45) is 4.99 Å².